The summed E-state index contributed by atoms with van der Waals surface area (Å²) in [5.41, 5.74) is 9.09. The molecule has 19 nitrogen and oxygen atoms in total. The first-order chi connectivity index (χ1) is 53.5. The standard InChI is InChI=1S/C23H27NO3S.C22H25NO4S.C22H25NO3S.C15H17NO2S.C7H10O3/c1-15(2)24(22(25)18-12-10-16(3)11-13-18)19-14-20(17-8-6-5-7-9-17)28-21(19)23(26)27-4;1-14(2)23(21(25)16-9-11-17(24)12-10-16)18-13-19(15-7-5-4-6-8-15)28-20(18)22(26)27-3;1-14(2)23(21(24)17-11-9-15(3)10-12-17)18-13-19(27-20(18)22(25)26)16-7-5-4-6-8-16;1-10(2)16-12-9-13(11-7-5-4-6-8-11)19-14(12)15(17)18-3;8-6-3-1-5(2-4-6)7(9)10/h5-9,14-15,18H,3,10-13H2,1-2,4H3;4-8,13-14,16H,9-12H2,1-3H3;4-8,13-14,17H,3,9-12H2,1-2H3,(H,25,26);4-10,16H,1-3H3;5H,1-4H2,(H,9,10). The molecule has 3 amide bonds. The zero-order chi connectivity index (χ0) is 81.5. The summed E-state index contributed by atoms with van der Waals surface area (Å²) < 4.78 is 14.8. The average molecular weight is 1600 g/mol. The van der Waals surface area contributed by atoms with Crippen LogP contribution in [0.15, 0.2) is 170 Å². The van der Waals surface area contributed by atoms with Gasteiger partial charge in [0.1, 0.15) is 31.1 Å². The van der Waals surface area contributed by atoms with Crippen LogP contribution in [0, 0.1) is 23.7 Å². The highest BCUT2D eigenvalue weighted by molar-refractivity contribution is 7.19. The van der Waals surface area contributed by atoms with Crippen LogP contribution in [0.25, 0.3) is 41.8 Å². The Bertz CT molecular complexity index is 4410. The molecule has 4 aliphatic carbocycles. The fourth-order valence-corrected chi connectivity index (χ4v) is 18.0. The number of aromatic carboxylic acids is 1. The number of thiophene rings is 4. The third kappa shape index (κ3) is 23.6. The van der Waals surface area contributed by atoms with Crippen LogP contribution in [0.4, 0.5) is 22.7 Å². The van der Waals surface area contributed by atoms with E-state index < -0.39 is 23.9 Å². The van der Waals surface area contributed by atoms with Gasteiger partial charge in [-0.3, -0.25) is 28.8 Å². The number of amides is 3. The van der Waals surface area contributed by atoms with Crippen molar-refractivity contribution in [3.05, 3.63) is 189 Å². The molecule has 0 aliphatic heterocycles. The Morgan fingerprint density at radius 2 is 0.643 bits per heavy atom. The molecule has 4 saturated carbocycles. The number of carboxylic acids is 2. The molecule has 0 radical (unpaired) electrons. The Morgan fingerprint density at radius 3 is 0.920 bits per heavy atom. The first-order valence-corrected chi connectivity index (χ1v) is 41.4. The van der Waals surface area contributed by atoms with Crippen LogP contribution in [0.2, 0.25) is 0 Å². The molecule has 4 heterocycles. The van der Waals surface area contributed by atoms with Gasteiger partial charge in [-0.1, -0.05) is 146 Å². The van der Waals surface area contributed by atoms with E-state index in [0.29, 0.717) is 83.1 Å². The zero-order valence-electron chi connectivity index (χ0n) is 65.9. The minimum absolute atomic E-state index is 0.0231. The number of anilines is 4. The summed E-state index contributed by atoms with van der Waals surface area (Å²) in [7, 11) is 4.13. The molecule has 4 aliphatic rings. The van der Waals surface area contributed by atoms with Gasteiger partial charge in [-0.15, -0.1) is 45.3 Å². The van der Waals surface area contributed by atoms with Crippen molar-refractivity contribution < 1.29 is 72.4 Å². The Labute approximate surface area is 673 Å². The van der Waals surface area contributed by atoms with Crippen molar-refractivity contribution in [2.45, 2.75) is 182 Å². The quantitative estimate of drug-likeness (QED) is 0.0364. The first-order valence-electron chi connectivity index (χ1n) is 38.1. The number of hydrogen-bond acceptors (Lipinski definition) is 18. The van der Waals surface area contributed by atoms with Crippen LogP contribution in [-0.4, -0.2) is 115 Å². The molecule has 3 N–H and O–H groups in total. The van der Waals surface area contributed by atoms with Gasteiger partial charge in [0.25, 0.3) is 0 Å². The number of hydrogen-bond donors (Lipinski definition) is 3. The third-order valence-electron chi connectivity index (χ3n) is 19.8. The van der Waals surface area contributed by atoms with E-state index in [-0.39, 0.29) is 88.0 Å². The number of ketones is 2. The molecular formula is C89H104N4O15S4. The van der Waals surface area contributed by atoms with Crippen LogP contribution in [-0.2, 0) is 43.0 Å². The fraction of sp³-hybridized carbons (Fsp3) is 0.393. The Kier molecular flexibility index (Phi) is 32.9. The van der Waals surface area contributed by atoms with Crippen molar-refractivity contribution in [1.29, 1.82) is 0 Å². The minimum atomic E-state index is -0.993. The SMILES string of the molecule is C=C1CCC(C(=O)N(c2cc(-c3ccccc3)sc2C(=O)O)C(C)C)CC1.C=C1CCC(C(=O)N(c2cc(-c3ccccc3)sc2C(=O)OC)C(C)C)CC1.COC(=O)c1sc(-c2ccccc2)cc1N(C(=O)C1CCC(=O)CC1)C(C)C.COC(=O)c1sc(-c2ccccc2)cc1NC(C)C.O=C1CCC(C(=O)O)CC1. The van der Waals surface area contributed by atoms with E-state index in [1.54, 1.807) is 14.7 Å². The number of benzene rings is 4. The second-order valence-corrected chi connectivity index (χ2v) is 33.5. The third-order valence-corrected chi connectivity index (χ3v) is 24.4. The predicted molar refractivity (Wildman–Crippen MR) is 450 cm³/mol. The van der Waals surface area contributed by atoms with Crippen LogP contribution >= 0.6 is 45.3 Å². The summed E-state index contributed by atoms with van der Waals surface area (Å²) >= 11 is 5.38. The molecular weight excluding hydrogens is 1490 g/mol. The molecule has 0 spiro atoms. The lowest BCUT2D eigenvalue weighted by atomic mass is 9.85. The maximum Gasteiger partial charge on any atom is 0.350 e. The van der Waals surface area contributed by atoms with Crippen molar-refractivity contribution in [3.8, 4) is 41.8 Å². The van der Waals surface area contributed by atoms with Crippen molar-refractivity contribution in [2.24, 2.45) is 23.7 Å². The van der Waals surface area contributed by atoms with E-state index >= 15 is 0 Å². The van der Waals surface area contributed by atoms with Gasteiger partial charge in [0, 0.05) is 87.1 Å². The van der Waals surface area contributed by atoms with Gasteiger partial charge in [0.2, 0.25) is 17.7 Å². The number of nitrogens with one attached hydrogen (secondary N) is 1. The van der Waals surface area contributed by atoms with Crippen LogP contribution in [0.5, 0.6) is 0 Å². The van der Waals surface area contributed by atoms with E-state index in [2.05, 4.69) is 18.5 Å². The summed E-state index contributed by atoms with van der Waals surface area (Å²) in [5.74, 6) is -2.93. The molecule has 594 valence electrons. The second-order valence-electron chi connectivity index (χ2n) is 29.3. The number of aliphatic carboxylic acids is 1. The molecule has 4 fully saturated rings. The topological polar surface area (TPSA) is 261 Å². The number of carboxylic acid groups (broad SMARTS) is 2. The number of methoxy groups -OCH3 is 3. The van der Waals surface area contributed by atoms with E-state index in [4.69, 9.17) is 19.3 Å². The maximum absolute atomic E-state index is 13.4. The lowest BCUT2D eigenvalue weighted by molar-refractivity contribution is -0.143. The molecule has 0 bridgehead atoms. The van der Waals surface area contributed by atoms with E-state index in [9.17, 15) is 53.1 Å². The van der Waals surface area contributed by atoms with Crippen LogP contribution in [0.3, 0.4) is 0 Å². The number of Topliss-reactive ketones (excluding diaryl/α,β-unsaturated/α-hetero) is 2. The number of ether oxygens (including phenoxy) is 3. The van der Waals surface area contributed by atoms with Gasteiger partial charge >= 0.3 is 29.8 Å². The largest absolute Gasteiger partial charge is 0.481 e. The van der Waals surface area contributed by atoms with Crippen LogP contribution in [0.1, 0.15) is 197 Å². The second kappa shape index (κ2) is 42.1. The molecule has 4 aromatic heterocycles. The Balaban J connectivity index is 0.000000181. The summed E-state index contributed by atoms with van der Waals surface area (Å²) in [5, 5.41) is 21.5. The van der Waals surface area contributed by atoms with Gasteiger partial charge in [-0.25, -0.2) is 19.2 Å². The minimum Gasteiger partial charge on any atom is -0.481 e. The lowest BCUT2D eigenvalue weighted by Crippen LogP contribution is -2.42. The van der Waals surface area contributed by atoms with Crippen LogP contribution < -0.4 is 20.0 Å². The lowest BCUT2D eigenvalue weighted by Gasteiger charge is -2.32. The number of rotatable bonds is 20. The van der Waals surface area contributed by atoms with Gasteiger partial charge in [0.05, 0.1) is 50.0 Å². The molecule has 4 aromatic carbocycles. The molecule has 0 atom stereocenters. The number of carbonyl (C=O) groups excluding carboxylic acids is 8. The summed E-state index contributed by atoms with van der Waals surface area (Å²) in [6.45, 7) is 23.9. The van der Waals surface area contributed by atoms with Crippen molar-refractivity contribution >= 4 is 127 Å². The summed E-state index contributed by atoms with van der Waals surface area (Å²) in [6.07, 6.45) is 10.8. The smallest absolute Gasteiger partial charge is 0.350 e. The number of carbonyl (C=O) groups is 10. The Hall–Kier alpha value is -9.94. The normalized spacial score (nSPS) is 14.8. The van der Waals surface area contributed by atoms with Crippen molar-refractivity contribution in [1.82, 2.24) is 0 Å². The highest BCUT2D eigenvalue weighted by Crippen LogP contribution is 2.44. The zero-order valence-corrected chi connectivity index (χ0v) is 69.1. The highest BCUT2D eigenvalue weighted by Gasteiger charge is 2.38. The molecule has 12 rings (SSSR count). The average Bonchev–Trinajstić information content (AvgIpc) is 1.78. The number of esters is 3. The highest BCUT2D eigenvalue weighted by atomic mass is 32.1. The number of nitrogens with zero attached hydrogens (tertiary/aromatic N) is 3. The molecule has 0 unspecified atom stereocenters. The summed E-state index contributed by atoms with van der Waals surface area (Å²) in [6, 6.07) is 47.1. The summed E-state index contributed by atoms with van der Waals surface area (Å²) in [4.78, 5) is 132. The predicted octanol–water partition coefficient (Wildman–Crippen LogP) is 20.8. The molecule has 0 saturated heterocycles. The first kappa shape index (κ1) is 87.6. The van der Waals surface area contributed by atoms with Crippen molar-refractivity contribution in [2.75, 3.05) is 41.3 Å². The number of allylic oxidation sites excluding steroid dienone is 2. The van der Waals surface area contributed by atoms with E-state index in [1.807, 2.05) is 201 Å². The van der Waals surface area contributed by atoms with Gasteiger partial charge in [-0.2, -0.15) is 0 Å². The van der Waals surface area contributed by atoms with Crippen molar-refractivity contribution in [3.63, 3.8) is 0 Å². The molecule has 112 heavy (non-hydrogen) atoms. The van der Waals surface area contributed by atoms with E-state index in [0.717, 1.165) is 98.8 Å². The fourth-order valence-electron chi connectivity index (χ4n) is 13.8. The molecule has 23 heteroatoms. The molecule has 8 aromatic rings. The van der Waals surface area contributed by atoms with Gasteiger partial charge in [0.15, 0.2) is 0 Å². The monoisotopic (exact) mass is 1600 g/mol. The Morgan fingerprint density at radius 1 is 0.384 bits per heavy atom. The van der Waals surface area contributed by atoms with Gasteiger partial charge < -0.3 is 44.4 Å². The van der Waals surface area contributed by atoms with E-state index in [1.165, 1.54) is 77.8 Å². The van der Waals surface area contributed by atoms with Gasteiger partial charge in [-0.05, 0) is 179 Å². The maximum atomic E-state index is 13.4.